The Morgan fingerprint density at radius 3 is 2.26 bits per heavy atom. The van der Waals surface area contributed by atoms with Gasteiger partial charge < -0.3 is 16.8 Å². The fraction of sp³-hybridized carbons (Fsp3) is 0. The van der Waals surface area contributed by atoms with Crippen LogP contribution in [0.25, 0.3) is 0 Å². The van der Waals surface area contributed by atoms with E-state index in [9.17, 15) is 13.6 Å². The molecule has 0 aliphatic rings. The van der Waals surface area contributed by atoms with Crippen LogP contribution in [0.5, 0.6) is 0 Å². The summed E-state index contributed by atoms with van der Waals surface area (Å²) in [5.74, 6) is -2.74. The summed E-state index contributed by atoms with van der Waals surface area (Å²) in [7, 11) is 0. The van der Waals surface area contributed by atoms with Gasteiger partial charge in [-0.15, -0.1) is 0 Å². The van der Waals surface area contributed by atoms with Crippen LogP contribution in [0.4, 0.5) is 25.8 Å². The molecule has 0 aliphatic carbocycles. The molecule has 1 amide bonds. The van der Waals surface area contributed by atoms with E-state index < -0.39 is 23.2 Å². The van der Waals surface area contributed by atoms with E-state index in [1.807, 2.05) is 0 Å². The molecule has 0 saturated carbocycles. The van der Waals surface area contributed by atoms with Crippen molar-refractivity contribution in [2.24, 2.45) is 0 Å². The molecule has 0 radical (unpaired) electrons. The second-order valence-electron chi connectivity index (χ2n) is 3.90. The first-order valence-electron chi connectivity index (χ1n) is 5.39. The average Bonchev–Trinajstić information content (AvgIpc) is 2.40. The van der Waals surface area contributed by atoms with Crippen LogP contribution in [-0.2, 0) is 0 Å². The van der Waals surface area contributed by atoms with Crippen LogP contribution >= 0.6 is 0 Å². The van der Waals surface area contributed by atoms with E-state index in [2.05, 4.69) is 5.32 Å². The molecule has 0 unspecified atom stereocenters. The molecule has 0 spiro atoms. The van der Waals surface area contributed by atoms with Gasteiger partial charge in [0.2, 0.25) is 0 Å². The zero-order valence-electron chi connectivity index (χ0n) is 9.78. The Bertz CT molecular complexity index is 627. The highest BCUT2D eigenvalue weighted by Gasteiger charge is 2.13. The van der Waals surface area contributed by atoms with Gasteiger partial charge in [-0.3, -0.25) is 4.79 Å². The van der Waals surface area contributed by atoms with Crippen LogP contribution in [-0.4, -0.2) is 5.91 Å². The van der Waals surface area contributed by atoms with Gasteiger partial charge in [-0.1, -0.05) is 0 Å². The smallest absolute Gasteiger partial charge is 0.255 e. The zero-order chi connectivity index (χ0) is 14.0. The predicted octanol–water partition coefficient (Wildman–Crippen LogP) is 2.38. The lowest BCUT2D eigenvalue weighted by atomic mass is 10.2. The molecule has 0 atom stereocenters. The van der Waals surface area contributed by atoms with Gasteiger partial charge in [0, 0.05) is 11.3 Å². The van der Waals surface area contributed by atoms with Gasteiger partial charge in [0.1, 0.15) is 0 Å². The first kappa shape index (κ1) is 12.8. The molecule has 0 saturated heterocycles. The highest BCUT2D eigenvalue weighted by molar-refractivity contribution is 6.05. The first-order chi connectivity index (χ1) is 8.99. The number of benzene rings is 2. The summed E-state index contributed by atoms with van der Waals surface area (Å²) in [6, 6.07) is 8.24. The van der Waals surface area contributed by atoms with Gasteiger partial charge in [0.25, 0.3) is 5.91 Å². The molecule has 2 rings (SSSR count). The highest BCUT2D eigenvalue weighted by Crippen LogP contribution is 2.24. The van der Waals surface area contributed by atoms with E-state index in [1.165, 1.54) is 18.2 Å². The monoisotopic (exact) mass is 263 g/mol. The number of carbonyl (C=O) groups is 1. The van der Waals surface area contributed by atoms with Crippen molar-refractivity contribution in [2.75, 3.05) is 16.8 Å². The lowest BCUT2D eigenvalue weighted by Gasteiger charge is -2.09. The minimum absolute atomic E-state index is 0.0146. The Morgan fingerprint density at radius 2 is 1.63 bits per heavy atom. The van der Waals surface area contributed by atoms with Crippen molar-refractivity contribution >= 4 is 23.0 Å². The molecular formula is C13H11F2N3O. The molecule has 19 heavy (non-hydrogen) atoms. The maximum atomic E-state index is 13.2. The number of hydrogen-bond donors (Lipinski definition) is 3. The molecule has 6 heteroatoms. The Labute approximate surface area is 108 Å². The minimum atomic E-state index is -1.19. The number of carbonyl (C=O) groups excluding carboxylic acids is 1. The zero-order valence-corrected chi connectivity index (χ0v) is 9.78. The van der Waals surface area contributed by atoms with Gasteiger partial charge in [-0.25, -0.2) is 8.78 Å². The molecule has 2 aromatic rings. The number of rotatable bonds is 2. The molecule has 0 aromatic heterocycles. The molecule has 5 N–H and O–H groups in total. The Morgan fingerprint density at radius 1 is 1.00 bits per heavy atom. The Hall–Kier alpha value is -2.63. The van der Waals surface area contributed by atoms with Crippen molar-refractivity contribution in [1.29, 1.82) is 0 Å². The average molecular weight is 263 g/mol. The minimum Gasteiger partial charge on any atom is -0.399 e. The number of nitrogen functional groups attached to an aromatic ring is 2. The molecule has 0 heterocycles. The van der Waals surface area contributed by atoms with E-state index in [1.54, 1.807) is 12.1 Å². The van der Waals surface area contributed by atoms with Crippen LogP contribution in [0.3, 0.4) is 0 Å². The molecular weight excluding hydrogens is 252 g/mol. The molecule has 0 aliphatic heterocycles. The van der Waals surface area contributed by atoms with Crippen molar-refractivity contribution in [3.63, 3.8) is 0 Å². The van der Waals surface area contributed by atoms with Gasteiger partial charge in [0.05, 0.1) is 11.4 Å². The van der Waals surface area contributed by atoms with Crippen LogP contribution in [0.1, 0.15) is 10.4 Å². The van der Waals surface area contributed by atoms with E-state index in [4.69, 9.17) is 11.5 Å². The summed E-state index contributed by atoms with van der Waals surface area (Å²) in [5.41, 5.74) is 11.3. The Balaban J connectivity index is 2.24. The fourth-order valence-corrected chi connectivity index (χ4v) is 1.50. The summed E-state index contributed by atoms with van der Waals surface area (Å²) in [5, 5.41) is 2.40. The number of nitrogens with two attached hydrogens (primary N) is 2. The van der Waals surface area contributed by atoms with E-state index in [0.717, 1.165) is 6.07 Å². The topological polar surface area (TPSA) is 81.1 Å². The first-order valence-corrected chi connectivity index (χ1v) is 5.39. The fourth-order valence-electron chi connectivity index (χ4n) is 1.50. The summed E-state index contributed by atoms with van der Waals surface area (Å²) < 4.78 is 26.1. The summed E-state index contributed by atoms with van der Waals surface area (Å²) in [6.07, 6.45) is 0. The quantitative estimate of drug-likeness (QED) is 0.727. The van der Waals surface area contributed by atoms with Crippen molar-refractivity contribution < 1.29 is 13.6 Å². The van der Waals surface area contributed by atoms with Crippen molar-refractivity contribution in [3.05, 3.63) is 53.6 Å². The lowest BCUT2D eigenvalue weighted by molar-refractivity contribution is 0.102. The molecule has 0 bridgehead atoms. The van der Waals surface area contributed by atoms with Crippen LogP contribution in [0, 0.1) is 11.6 Å². The van der Waals surface area contributed by atoms with Crippen molar-refractivity contribution in [1.82, 2.24) is 0 Å². The maximum Gasteiger partial charge on any atom is 0.255 e. The SMILES string of the molecule is Nc1ccc(C(=O)Nc2ccc(F)c(F)c2N)cc1. The summed E-state index contributed by atoms with van der Waals surface area (Å²) in [4.78, 5) is 11.9. The van der Waals surface area contributed by atoms with Gasteiger partial charge in [0.15, 0.2) is 11.6 Å². The largest absolute Gasteiger partial charge is 0.399 e. The lowest BCUT2D eigenvalue weighted by Crippen LogP contribution is -2.14. The summed E-state index contributed by atoms with van der Waals surface area (Å²) >= 11 is 0. The highest BCUT2D eigenvalue weighted by atomic mass is 19.2. The third-order valence-electron chi connectivity index (χ3n) is 2.55. The van der Waals surface area contributed by atoms with E-state index in [0.29, 0.717) is 11.3 Å². The number of hydrogen-bond acceptors (Lipinski definition) is 3. The van der Waals surface area contributed by atoms with Gasteiger partial charge in [-0.05, 0) is 36.4 Å². The van der Waals surface area contributed by atoms with Crippen LogP contribution < -0.4 is 16.8 Å². The van der Waals surface area contributed by atoms with Gasteiger partial charge in [-0.2, -0.15) is 0 Å². The molecule has 98 valence electrons. The number of amides is 1. The van der Waals surface area contributed by atoms with Crippen molar-refractivity contribution in [3.8, 4) is 0 Å². The number of anilines is 3. The third-order valence-corrected chi connectivity index (χ3v) is 2.55. The predicted molar refractivity (Wildman–Crippen MR) is 69.6 cm³/mol. The summed E-state index contributed by atoms with van der Waals surface area (Å²) in [6.45, 7) is 0. The molecule has 2 aromatic carbocycles. The van der Waals surface area contributed by atoms with Gasteiger partial charge >= 0.3 is 0 Å². The van der Waals surface area contributed by atoms with Crippen LogP contribution in [0.15, 0.2) is 36.4 Å². The third kappa shape index (κ3) is 2.62. The van der Waals surface area contributed by atoms with Crippen LogP contribution in [0.2, 0.25) is 0 Å². The van der Waals surface area contributed by atoms with E-state index >= 15 is 0 Å². The standard InChI is InChI=1S/C13H11F2N3O/c14-9-5-6-10(12(17)11(9)15)18-13(19)7-1-3-8(16)4-2-7/h1-6H,16-17H2,(H,18,19). The number of halogens is 2. The number of nitrogens with one attached hydrogen (secondary N) is 1. The second-order valence-corrected chi connectivity index (χ2v) is 3.90. The maximum absolute atomic E-state index is 13.2. The van der Waals surface area contributed by atoms with E-state index in [-0.39, 0.29) is 5.69 Å². The molecule has 4 nitrogen and oxygen atoms in total. The second kappa shape index (κ2) is 4.93. The van der Waals surface area contributed by atoms with Crippen molar-refractivity contribution in [2.45, 2.75) is 0 Å². The normalized spacial score (nSPS) is 10.2. The molecule has 0 fully saturated rings. The Kier molecular flexibility index (Phi) is 3.33.